The first-order valence-electron chi connectivity index (χ1n) is 3.81. The van der Waals surface area contributed by atoms with E-state index in [1.807, 2.05) is 0 Å². The Bertz CT molecular complexity index is 479. The molecule has 6 heteroatoms. The van der Waals surface area contributed by atoms with Crippen molar-refractivity contribution in [1.29, 1.82) is 4.78 Å². The standard InChI is InChI=1S/C8H10N2O3S/c1-6-5-7(10(11)12)3-4-8(6)14(2,9)13/h3-5,9H,1-2H3. The molecule has 1 N–H and O–H groups in total. The van der Waals surface area contributed by atoms with E-state index in [0.29, 0.717) is 10.5 Å². The lowest BCUT2D eigenvalue weighted by Crippen LogP contribution is -1.99. The van der Waals surface area contributed by atoms with Crippen LogP contribution in [0.25, 0.3) is 0 Å². The number of hydrogen-bond donors (Lipinski definition) is 1. The van der Waals surface area contributed by atoms with Crippen LogP contribution in [0.2, 0.25) is 0 Å². The van der Waals surface area contributed by atoms with Crippen LogP contribution in [0.3, 0.4) is 0 Å². The Morgan fingerprint density at radius 1 is 1.50 bits per heavy atom. The average Bonchev–Trinajstić information content (AvgIpc) is 2.01. The van der Waals surface area contributed by atoms with Crippen molar-refractivity contribution < 1.29 is 9.13 Å². The fraction of sp³-hybridized carbons (Fsp3) is 0.250. The summed E-state index contributed by atoms with van der Waals surface area (Å²) in [6.45, 7) is 1.61. The lowest BCUT2D eigenvalue weighted by atomic mass is 10.2. The SMILES string of the molecule is Cc1cc([N+](=O)[O-])ccc1S(C)(=N)=O. The third-order valence-electron chi connectivity index (χ3n) is 1.79. The Morgan fingerprint density at radius 3 is 2.43 bits per heavy atom. The van der Waals surface area contributed by atoms with Crippen molar-refractivity contribution in [3.05, 3.63) is 33.9 Å². The maximum atomic E-state index is 11.4. The van der Waals surface area contributed by atoms with Gasteiger partial charge in [-0.2, -0.15) is 0 Å². The number of rotatable bonds is 2. The molecule has 0 saturated carbocycles. The van der Waals surface area contributed by atoms with Gasteiger partial charge in [-0.25, -0.2) is 8.99 Å². The van der Waals surface area contributed by atoms with Gasteiger partial charge in [-0.15, -0.1) is 0 Å². The second-order valence-corrected chi connectivity index (χ2v) is 5.18. The second kappa shape index (κ2) is 3.38. The van der Waals surface area contributed by atoms with Crippen molar-refractivity contribution in [2.24, 2.45) is 0 Å². The zero-order valence-corrected chi connectivity index (χ0v) is 8.63. The Balaban J connectivity index is 3.35. The molecule has 0 aliphatic carbocycles. The molecule has 0 aliphatic rings. The Morgan fingerprint density at radius 2 is 2.07 bits per heavy atom. The molecule has 0 radical (unpaired) electrons. The van der Waals surface area contributed by atoms with Crippen LogP contribution in [-0.4, -0.2) is 15.4 Å². The molecule has 0 saturated heterocycles. The molecule has 1 rings (SSSR count). The minimum atomic E-state index is -2.80. The minimum absolute atomic E-state index is 0.0464. The topological polar surface area (TPSA) is 84.1 Å². The van der Waals surface area contributed by atoms with E-state index < -0.39 is 14.7 Å². The van der Waals surface area contributed by atoms with E-state index in [0.717, 1.165) is 0 Å². The minimum Gasteiger partial charge on any atom is -0.258 e. The number of nitrogens with one attached hydrogen (secondary N) is 1. The van der Waals surface area contributed by atoms with Gasteiger partial charge >= 0.3 is 0 Å². The molecule has 1 aromatic carbocycles. The first-order chi connectivity index (χ1) is 6.32. The summed E-state index contributed by atoms with van der Waals surface area (Å²) in [6, 6.07) is 3.97. The Hall–Kier alpha value is -1.43. The summed E-state index contributed by atoms with van der Waals surface area (Å²) in [6.07, 6.45) is 1.29. The van der Waals surface area contributed by atoms with Gasteiger partial charge in [0.25, 0.3) is 5.69 Å². The van der Waals surface area contributed by atoms with E-state index in [1.165, 1.54) is 24.5 Å². The van der Waals surface area contributed by atoms with E-state index in [-0.39, 0.29) is 5.69 Å². The van der Waals surface area contributed by atoms with Crippen molar-refractivity contribution >= 4 is 15.4 Å². The van der Waals surface area contributed by atoms with Gasteiger partial charge in [-0.05, 0) is 18.6 Å². The van der Waals surface area contributed by atoms with Gasteiger partial charge in [0.1, 0.15) is 0 Å². The van der Waals surface area contributed by atoms with Crippen LogP contribution in [0.5, 0.6) is 0 Å². The molecule has 1 unspecified atom stereocenters. The lowest BCUT2D eigenvalue weighted by Gasteiger charge is -2.04. The molecule has 0 amide bonds. The molecule has 0 spiro atoms. The highest BCUT2D eigenvalue weighted by molar-refractivity contribution is 7.91. The maximum Gasteiger partial charge on any atom is 0.269 e. The van der Waals surface area contributed by atoms with Gasteiger partial charge in [-0.1, -0.05) is 0 Å². The summed E-state index contributed by atoms with van der Waals surface area (Å²) in [5.74, 6) is 0. The van der Waals surface area contributed by atoms with E-state index >= 15 is 0 Å². The van der Waals surface area contributed by atoms with Crippen molar-refractivity contribution in [2.45, 2.75) is 11.8 Å². The van der Waals surface area contributed by atoms with Crippen LogP contribution in [0.15, 0.2) is 23.1 Å². The fourth-order valence-corrected chi connectivity index (χ4v) is 2.19. The zero-order valence-electron chi connectivity index (χ0n) is 7.81. The highest BCUT2D eigenvalue weighted by Gasteiger charge is 2.12. The molecule has 0 heterocycles. The molecular formula is C8H10N2O3S. The molecule has 0 aliphatic heterocycles. The number of nitrogens with zero attached hydrogens (tertiary/aromatic N) is 1. The zero-order chi connectivity index (χ0) is 10.9. The van der Waals surface area contributed by atoms with Crippen molar-refractivity contribution in [3.8, 4) is 0 Å². The number of aryl methyl sites for hydroxylation is 1. The number of nitro benzene ring substituents is 1. The maximum absolute atomic E-state index is 11.4. The van der Waals surface area contributed by atoms with Gasteiger partial charge in [0.2, 0.25) is 0 Å². The van der Waals surface area contributed by atoms with Gasteiger partial charge in [0.05, 0.1) is 19.5 Å². The van der Waals surface area contributed by atoms with Crippen molar-refractivity contribution in [2.75, 3.05) is 6.26 Å². The summed E-state index contributed by atoms with van der Waals surface area (Å²) in [7, 11) is -2.80. The summed E-state index contributed by atoms with van der Waals surface area (Å²) < 4.78 is 18.7. The molecule has 1 atom stereocenters. The molecule has 0 fully saturated rings. The van der Waals surface area contributed by atoms with E-state index in [4.69, 9.17) is 4.78 Å². The number of benzene rings is 1. The van der Waals surface area contributed by atoms with Gasteiger partial charge in [0, 0.05) is 18.4 Å². The molecule has 0 aromatic heterocycles. The van der Waals surface area contributed by atoms with Crippen LogP contribution in [0.4, 0.5) is 5.69 Å². The van der Waals surface area contributed by atoms with Crippen molar-refractivity contribution in [1.82, 2.24) is 0 Å². The first-order valence-corrected chi connectivity index (χ1v) is 5.78. The summed E-state index contributed by atoms with van der Waals surface area (Å²) in [5, 5.41) is 10.4. The molecule has 14 heavy (non-hydrogen) atoms. The van der Waals surface area contributed by atoms with Crippen LogP contribution < -0.4 is 0 Å². The lowest BCUT2D eigenvalue weighted by molar-refractivity contribution is -0.385. The third kappa shape index (κ3) is 2.08. The summed E-state index contributed by atoms with van der Waals surface area (Å²) >= 11 is 0. The van der Waals surface area contributed by atoms with Gasteiger partial charge in [-0.3, -0.25) is 10.1 Å². The highest BCUT2D eigenvalue weighted by Crippen LogP contribution is 2.20. The normalized spacial score (nSPS) is 14.7. The molecule has 1 aromatic rings. The van der Waals surface area contributed by atoms with Crippen LogP contribution >= 0.6 is 0 Å². The first kappa shape index (κ1) is 10.6. The summed E-state index contributed by atoms with van der Waals surface area (Å²) in [5.41, 5.74) is 0.469. The van der Waals surface area contributed by atoms with Gasteiger partial charge in [0.15, 0.2) is 0 Å². The smallest absolute Gasteiger partial charge is 0.258 e. The second-order valence-electron chi connectivity index (χ2n) is 3.05. The molecule has 5 nitrogen and oxygen atoms in total. The predicted molar refractivity (Wildman–Crippen MR) is 52.9 cm³/mol. The quantitative estimate of drug-likeness (QED) is 0.603. The number of non-ortho nitro benzene ring substituents is 1. The largest absolute Gasteiger partial charge is 0.269 e. The predicted octanol–water partition coefficient (Wildman–Crippen LogP) is 1.94. The Kier molecular flexibility index (Phi) is 2.57. The average molecular weight is 214 g/mol. The third-order valence-corrected chi connectivity index (χ3v) is 3.09. The van der Waals surface area contributed by atoms with Gasteiger partial charge < -0.3 is 0 Å². The Labute approximate surface area is 81.9 Å². The number of hydrogen-bond acceptors (Lipinski definition) is 4. The van der Waals surface area contributed by atoms with E-state index in [9.17, 15) is 14.3 Å². The monoisotopic (exact) mass is 214 g/mol. The highest BCUT2D eigenvalue weighted by atomic mass is 32.2. The van der Waals surface area contributed by atoms with Crippen LogP contribution in [0, 0.1) is 21.8 Å². The van der Waals surface area contributed by atoms with Crippen molar-refractivity contribution in [3.63, 3.8) is 0 Å². The molecular weight excluding hydrogens is 204 g/mol. The molecule has 76 valence electrons. The van der Waals surface area contributed by atoms with Crippen LogP contribution in [0.1, 0.15) is 5.56 Å². The summed E-state index contributed by atoms with van der Waals surface area (Å²) in [4.78, 5) is 10.2. The fourth-order valence-electron chi connectivity index (χ4n) is 1.18. The van der Waals surface area contributed by atoms with E-state index in [2.05, 4.69) is 0 Å². The molecule has 0 bridgehead atoms. The van der Waals surface area contributed by atoms with Crippen LogP contribution in [-0.2, 0) is 9.73 Å². The number of nitro groups is 1. The van der Waals surface area contributed by atoms with E-state index in [1.54, 1.807) is 6.92 Å².